The van der Waals surface area contributed by atoms with Gasteiger partial charge in [-0.15, -0.1) is 0 Å². The van der Waals surface area contributed by atoms with Crippen LogP contribution in [0.15, 0.2) is 18.2 Å². The maximum atomic E-state index is 13.8. The molecule has 0 aromatic heterocycles. The van der Waals surface area contributed by atoms with Crippen molar-refractivity contribution >= 4 is 11.7 Å². The summed E-state index contributed by atoms with van der Waals surface area (Å²) in [6.45, 7) is 2.65. The number of carbonyl (C=O) groups excluding carboxylic acids is 1. The molecular formula is C14H20FN3O2. The van der Waals surface area contributed by atoms with Crippen molar-refractivity contribution in [1.29, 1.82) is 0 Å². The zero-order chi connectivity index (χ0) is 14.5. The van der Waals surface area contributed by atoms with E-state index >= 15 is 0 Å². The minimum atomic E-state index is -0.284. The number of morpholine rings is 1. The molecule has 5 nitrogen and oxygen atoms in total. The van der Waals surface area contributed by atoms with Gasteiger partial charge in [0, 0.05) is 33.7 Å². The van der Waals surface area contributed by atoms with Gasteiger partial charge in [-0.25, -0.2) is 9.18 Å². The molecule has 1 heterocycles. The minimum absolute atomic E-state index is 0.134. The summed E-state index contributed by atoms with van der Waals surface area (Å²) < 4.78 is 19.0. The lowest BCUT2D eigenvalue weighted by Crippen LogP contribution is -2.45. The quantitative estimate of drug-likeness (QED) is 0.911. The zero-order valence-electron chi connectivity index (χ0n) is 11.9. The van der Waals surface area contributed by atoms with Crippen LogP contribution in [0.2, 0.25) is 0 Å². The second-order valence-corrected chi connectivity index (χ2v) is 4.94. The van der Waals surface area contributed by atoms with Gasteiger partial charge in [0.2, 0.25) is 0 Å². The van der Waals surface area contributed by atoms with Crippen molar-refractivity contribution in [2.24, 2.45) is 0 Å². The molecule has 110 valence electrons. The Bertz CT molecular complexity index is 473. The van der Waals surface area contributed by atoms with Crippen molar-refractivity contribution in [2.75, 3.05) is 45.3 Å². The molecule has 0 unspecified atom stereocenters. The van der Waals surface area contributed by atoms with Crippen LogP contribution in [0.4, 0.5) is 14.9 Å². The van der Waals surface area contributed by atoms with Crippen molar-refractivity contribution in [3.05, 3.63) is 29.6 Å². The van der Waals surface area contributed by atoms with Crippen LogP contribution in [0.5, 0.6) is 0 Å². The highest BCUT2D eigenvalue weighted by molar-refractivity contribution is 5.74. The zero-order valence-corrected chi connectivity index (χ0v) is 11.9. The fourth-order valence-corrected chi connectivity index (χ4v) is 2.08. The SMILES string of the molecule is CN(C)c1ccc(CNC(=O)N2CCOCC2)cc1F. The maximum absolute atomic E-state index is 13.8. The van der Waals surface area contributed by atoms with E-state index in [9.17, 15) is 9.18 Å². The monoisotopic (exact) mass is 281 g/mol. The Hall–Kier alpha value is -1.82. The van der Waals surface area contributed by atoms with Crippen LogP contribution < -0.4 is 10.2 Å². The Morgan fingerprint density at radius 2 is 2.10 bits per heavy atom. The summed E-state index contributed by atoms with van der Waals surface area (Å²) in [6, 6.07) is 4.85. The first-order valence-corrected chi connectivity index (χ1v) is 6.64. The smallest absolute Gasteiger partial charge is 0.317 e. The molecule has 0 aliphatic carbocycles. The lowest BCUT2D eigenvalue weighted by atomic mass is 10.2. The Morgan fingerprint density at radius 1 is 1.40 bits per heavy atom. The van der Waals surface area contributed by atoms with Crippen LogP contribution in [-0.4, -0.2) is 51.3 Å². The van der Waals surface area contributed by atoms with Gasteiger partial charge in [0.05, 0.1) is 18.9 Å². The van der Waals surface area contributed by atoms with E-state index in [1.165, 1.54) is 6.07 Å². The van der Waals surface area contributed by atoms with E-state index < -0.39 is 0 Å². The molecule has 1 aliphatic heterocycles. The fourth-order valence-electron chi connectivity index (χ4n) is 2.08. The Labute approximate surface area is 118 Å². The summed E-state index contributed by atoms with van der Waals surface area (Å²) in [4.78, 5) is 15.3. The lowest BCUT2D eigenvalue weighted by Gasteiger charge is -2.27. The van der Waals surface area contributed by atoms with E-state index in [2.05, 4.69) is 5.32 Å². The molecule has 2 rings (SSSR count). The molecular weight excluding hydrogens is 261 g/mol. The minimum Gasteiger partial charge on any atom is -0.378 e. The van der Waals surface area contributed by atoms with Crippen molar-refractivity contribution < 1.29 is 13.9 Å². The predicted molar refractivity (Wildman–Crippen MR) is 75.4 cm³/mol. The number of hydrogen-bond donors (Lipinski definition) is 1. The Kier molecular flexibility index (Phi) is 4.79. The van der Waals surface area contributed by atoms with Gasteiger partial charge in [-0.05, 0) is 17.7 Å². The highest BCUT2D eigenvalue weighted by atomic mass is 19.1. The summed E-state index contributed by atoms with van der Waals surface area (Å²) in [7, 11) is 3.58. The largest absolute Gasteiger partial charge is 0.378 e. The van der Waals surface area contributed by atoms with Crippen molar-refractivity contribution in [3.63, 3.8) is 0 Å². The Morgan fingerprint density at radius 3 is 2.70 bits per heavy atom. The van der Waals surface area contributed by atoms with Crippen molar-refractivity contribution in [1.82, 2.24) is 10.2 Å². The molecule has 0 saturated carbocycles. The number of halogens is 1. The standard InChI is InChI=1S/C14H20FN3O2/c1-17(2)13-4-3-11(9-12(13)15)10-16-14(19)18-5-7-20-8-6-18/h3-4,9H,5-8,10H2,1-2H3,(H,16,19). The van der Waals surface area contributed by atoms with Gasteiger partial charge in [-0.1, -0.05) is 6.07 Å². The van der Waals surface area contributed by atoms with Gasteiger partial charge in [0.1, 0.15) is 5.82 Å². The molecule has 1 aliphatic rings. The van der Waals surface area contributed by atoms with E-state index in [0.717, 1.165) is 5.56 Å². The number of amides is 2. The molecule has 2 amide bonds. The molecule has 20 heavy (non-hydrogen) atoms. The van der Waals surface area contributed by atoms with E-state index in [-0.39, 0.29) is 11.8 Å². The van der Waals surface area contributed by atoms with Gasteiger partial charge >= 0.3 is 6.03 Å². The van der Waals surface area contributed by atoms with E-state index in [1.807, 2.05) is 6.07 Å². The van der Waals surface area contributed by atoms with Crippen molar-refractivity contribution in [3.8, 4) is 0 Å². The third-order valence-electron chi connectivity index (χ3n) is 3.24. The van der Waals surface area contributed by atoms with Gasteiger partial charge in [-0.3, -0.25) is 0 Å². The van der Waals surface area contributed by atoms with Crippen LogP contribution >= 0.6 is 0 Å². The molecule has 0 bridgehead atoms. The van der Waals surface area contributed by atoms with E-state index in [1.54, 1.807) is 30.0 Å². The number of ether oxygens (including phenoxy) is 1. The molecule has 0 radical (unpaired) electrons. The number of benzene rings is 1. The first-order valence-electron chi connectivity index (χ1n) is 6.64. The molecule has 1 saturated heterocycles. The first kappa shape index (κ1) is 14.6. The Balaban J connectivity index is 1.90. The third-order valence-corrected chi connectivity index (χ3v) is 3.24. The maximum Gasteiger partial charge on any atom is 0.317 e. The van der Waals surface area contributed by atoms with Crippen LogP contribution in [-0.2, 0) is 11.3 Å². The fraction of sp³-hybridized carbons (Fsp3) is 0.500. The number of hydrogen-bond acceptors (Lipinski definition) is 3. The molecule has 0 atom stereocenters. The van der Waals surface area contributed by atoms with Crippen LogP contribution in [0.25, 0.3) is 0 Å². The summed E-state index contributed by atoms with van der Waals surface area (Å²) in [5, 5.41) is 2.80. The van der Waals surface area contributed by atoms with Crippen LogP contribution in [0.3, 0.4) is 0 Å². The summed E-state index contributed by atoms with van der Waals surface area (Å²) in [6.07, 6.45) is 0. The van der Waals surface area contributed by atoms with Gasteiger partial charge in [-0.2, -0.15) is 0 Å². The summed E-state index contributed by atoms with van der Waals surface area (Å²) in [5.74, 6) is -0.284. The molecule has 0 spiro atoms. The van der Waals surface area contributed by atoms with Gasteiger partial charge < -0.3 is 19.9 Å². The number of nitrogens with one attached hydrogen (secondary N) is 1. The average molecular weight is 281 g/mol. The molecule has 1 aromatic rings. The lowest BCUT2D eigenvalue weighted by molar-refractivity contribution is 0.0531. The van der Waals surface area contributed by atoms with Gasteiger partial charge in [0.15, 0.2) is 0 Å². The average Bonchev–Trinajstić information content (AvgIpc) is 2.45. The number of anilines is 1. The number of urea groups is 1. The topological polar surface area (TPSA) is 44.8 Å². The second kappa shape index (κ2) is 6.56. The predicted octanol–water partition coefficient (Wildman–Crippen LogP) is 1.43. The summed E-state index contributed by atoms with van der Waals surface area (Å²) in [5.41, 5.74) is 1.28. The van der Waals surface area contributed by atoms with E-state index in [0.29, 0.717) is 38.5 Å². The summed E-state index contributed by atoms with van der Waals surface area (Å²) >= 11 is 0. The van der Waals surface area contributed by atoms with Gasteiger partial charge in [0.25, 0.3) is 0 Å². The van der Waals surface area contributed by atoms with Crippen molar-refractivity contribution in [2.45, 2.75) is 6.54 Å². The molecule has 1 fully saturated rings. The van der Waals surface area contributed by atoms with E-state index in [4.69, 9.17) is 4.74 Å². The first-order chi connectivity index (χ1) is 9.58. The van der Waals surface area contributed by atoms with Crippen LogP contribution in [0, 0.1) is 5.82 Å². The highest BCUT2D eigenvalue weighted by Crippen LogP contribution is 2.18. The number of carbonyl (C=O) groups is 1. The number of rotatable bonds is 3. The second-order valence-electron chi connectivity index (χ2n) is 4.94. The third kappa shape index (κ3) is 3.60. The molecule has 1 N–H and O–H groups in total. The normalized spacial score (nSPS) is 15.1. The van der Waals surface area contributed by atoms with Crippen LogP contribution in [0.1, 0.15) is 5.56 Å². The highest BCUT2D eigenvalue weighted by Gasteiger charge is 2.16. The number of nitrogens with zero attached hydrogens (tertiary/aromatic N) is 2. The molecule has 1 aromatic carbocycles. The molecule has 6 heteroatoms.